The van der Waals surface area contributed by atoms with Crippen molar-refractivity contribution in [3.05, 3.63) is 59.9 Å². The largest absolute Gasteiger partial charge is 0.326 e. The maximum Gasteiger partial charge on any atom is 0.237 e. The van der Waals surface area contributed by atoms with Crippen LogP contribution in [0.25, 0.3) is 11.1 Å². The molecule has 1 amide bonds. The van der Waals surface area contributed by atoms with E-state index in [-0.39, 0.29) is 11.2 Å². The van der Waals surface area contributed by atoms with Gasteiger partial charge in [-0.25, -0.2) is 13.4 Å². The van der Waals surface area contributed by atoms with Gasteiger partial charge in [-0.1, -0.05) is 25.1 Å². The molecule has 2 heterocycles. The number of anilines is 2. The highest BCUT2D eigenvalue weighted by atomic mass is 32.2. The number of aromatic nitrogens is 2. The van der Waals surface area contributed by atoms with E-state index in [1.54, 1.807) is 17.8 Å². The summed E-state index contributed by atoms with van der Waals surface area (Å²) in [4.78, 5) is 21.3. The van der Waals surface area contributed by atoms with Crippen LogP contribution in [-0.4, -0.2) is 29.5 Å². The van der Waals surface area contributed by atoms with Crippen LogP contribution in [0.15, 0.2) is 54.2 Å². The molecule has 156 valence electrons. The summed E-state index contributed by atoms with van der Waals surface area (Å²) < 4.78 is 26.7. The van der Waals surface area contributed by atoms with Crippen molar-refractivity contribution < 1.29 is 13.2 Å². The van der Waals surface area contributed by atoms with E-state index in [1.165, 1.54) is 11.3 Å². The van der Waals surface area contributed by atoms with E-state index in [1.807, 2.05) is 43.3 Å². The number of nitrogens with one attached hydrogen (secondary N) is 2. The van der Waals surface area contributed by atoms with Crippen LogP contribution in [-0.2, 0) is 14.8 Å². The monoisotopic (exact) mass is 442 g/mol. The van der Waals surface area contributed by atoms with Crippen LogP contribution in [0, 0.1) is 0 Å². The highest BCUT2D eigenvalue weighted by Crippen LogP contribution is 2.32. The Hall–Kier alpha value is -2.78. The molecule has 1 atom stereocenters. The van der Waals surface area contributed by atoms with Crippen molar-refractivity contribution in [2.75, 3.05) is 10.0 Å². The van der Waals surface area contributed by atoms with Crippen molar-refractivity contribution in [3.8, 4) is 11.1 Å². The van der Waals surface area contributed by atoms with Crippen LogP contribution in [0.5, 0.6) is 0 Å². The summed E-state index contributed by atoms with van der Waals surface area (Å²) in [5, 5.41) is 4.66. The van der Waals surface area contributed by atoms with Gasteiger partial charge in [0.05, 0.1) is 16.9 Å². The van der Waals surface area contributed by atoms with Crippen LogP contribution in [0.3, 0.4) is 0 Å². The summed E-state index contributed by atoms with van der Waals surface area (Å²) in [6.45, 7) is 1.91. The topological polar surface area (TPSA) is 101 Å². The van der Waals surface area contributed by atoms with Crippen LogP contribution in [0.2, 0.25) is 0 Å². The molecule has 1 fully saturated rings. The van der Waals surface area contributed by atoms with Crippen molar-refractivity contribution in [2.24, 2.45) is 0 Å². The minimum atomic E-state index is -3.36. The minimum absolute atomic E-state index is 0.173. The molecule has 1 saturated carbocycles. The maximum atomic E-state index is 12.8. The van der Waals surface area contributed by atoms with E-state index in [2.05, 4.69) is 20.0 Å². The van der Waals surface area contributed by atoms with E-state index >= 15 is 0 Å². The van der Waals surface area contributed by atoms with Gasteiger partial charge in [-0.15, -0.1) is 11.3 Å². The Morgan fingerprint density at radius 2 is 1.97 bits per heavy atom. The molecule has 4 rings (SSSR count). The first-order valence-corrected chi connectivity index (χ1v) is 12.2. The number of thiazole rings is 1. The standard InChI is InChI=1S/C21H22N4O3S2/c1-2-18(19-13-29-21(24-19)25-30(27,28)17-9-10-17)20(26)23-16-7-5-14(6-8-16)15-4-3-11-22-12-15/h3-8,11-13,17-18H,2,9-10H2,1H3,(H,23,26)(H,24,25)/t18-/m1/s1. The molecule has 0 saturated heterocycles. The Morgan fingerprint density at radius 1 is 1.20 bits per heavy atom. The van der Waals surface area contributed by atoms with Gasteiger partial charge in [0.15, 0.2) is 5.13 Å². The number of hydrogen-bond acceptors (Lipinski definition) is 6. The molecule has 0 bridgehead atoms. The summed E-state index contributed by atoms with van der Waals surface area (Å²) in [5.41, 5.74) is 3.28. The average molecular weight is 443 g/mol. The highest BCUT2D eigenvalue weighted by molar-refractivity contribution is 7.93. The summed E-state index contributed by atoms with van der Waals surface area (Å²) in [6, 6.07) is 11.4. The molecule has 2 N–H and O–H groups in total. The number of rotatable bonds is 8. The van der Waals surface area contributed by atoms with Crippen molar-refractivity contribution >= 4 is 38.1 Å². The molecule has 0 spiro atoms. The van der Waals surface area contributed by atoms with E-state index in [4.69, 9.17) is 0 Å². The van der Waals surface area contributed by atoms with Crippen molar-refractivity contribution in [1.29, 1.82) is 0 Å². The van der Waals surface area contributed by atoms with Crippen LogP contribution in [0.1, 0.15) is 37.8 Å². The summed E-state index contributed by atoms with van der Waals surface area (Å²) in [5.74, 6) is -0.632. The molecule has 1 aromatic carbocycles. The molecular formula is C21H22N4O3S2. The number of amides is 1. The van der Waals surface area contributed by atoms with Crippen molar-refractivity contribution in [3.63, 3.8) is 0 Å². The molecule has 9 heteroatoms. The molecule has 7 nitrogen and oxygen atoms in total. The third-order valence-corrected chi connectivity index (χ3v) is 7.68. The van der Waals surface area contributed by atoms with Gasteiger partial charge in [0, 0.05) is 23.5 Å². The molecule has 30 heavy (non-hydrogen) atoms. The Morgan fingerprint density at radius 3 is 2.60 bits per heavy atom. The smallest absolute Gasteiger partial charge is 0.237 e. The average Bonchev–Trinajstić information content (AvgIpc) is 3.52. The first-order chi connectivity index (χ1) is 14.5. The first-order valence-electron chi connectivity index (χ1n) is 9.74. The Labute approximate surface area is 179 Å². The minimum Gasteiger partial charge on any atom is -0.326 e. The number of carbonyl (C=O) groups excluding carboxylic acids is 1. The lowest BCUT2D eigenvalue weighted by Gasteiger charge is -2.13. The third kappa shape index (κ3) is 4.68. The number of benzene rings is 1. The van der Waals surface area contributed by atoms with Gasteiger partial charge in [0.1, 0.15) is 0 Å². The van der Waals surface area contributed by atoms with E-state index in [0.717, 1.165) is 11.1 Å². The maximum absolute atomic E-state index is 12.8. The SMILES string of the molecule is CC[C@@H](C(=O)Nc1ccc(-c2cccnc2)cc1)c1csc(NS(=O)(=O)C2CC2)n1. The summed E-state index contributed by atoms with van der Waals surface area (Å²) in [7, 11) is -3.36. The zero-order valence-electron chi connectivity index (χ0n) is 16.4. The zero-order chi connectivity index (χ0) is 21.1. The molecule has 1 aliphatic carbocycles. The Bertz CT molecular complexity index is 1120. The Kier molecular flexibility index (Phi) is 5.83. The molecule has 1 aliphatic rings. The molecule has 0 unspecified atom stereocenters. The van der Waals surface area contributed by atoms with Gasteiger partial charge in [-0.05, 0) is 48.6 Å². The number of pyridine rings is 1. The fraction of sp³-hybridized carbons (Fsp3) is 0.286. The zero-order valence-corrected chi connectivity index (χ0v) is 18.0. The number of sulfonamides is 1. The normalized spacial score (nSPS) is 14.8. The van der Waals surface area contributed by atoms with Crippen LogP contribution in [0.4, 0.5) is 10.8 Å². The second-order valence-electron chi connectivity index (χ2n) is 7.19. The predicted molar refractivity (Wildman–Crippen MR) is 119 cm³/mol. The van der Waals surface area contributed by atoms with E-state index < -0.39 is 15.9 Å². The number of carbonyl (C=O) groups is 1. The lowest BCUT2D eigenvalue weighted by atomic mass is 10.0. The molecule has 0 radical (unpaired) electrons. The lowest BCUT2D eigenvalue weighted by molar-refractivity contribution is -0.117. The summed E-state index contributed by atoms with van der Waals surface area (Å²) in [6.07, 6.45) is 5.44. The van der Waals surface area contributed by atoms with Crippen molar-refractivity contribution in [2.45, 2.75) is 37.4 Å². The molecule has 0 aliphatic heterocycles. The lowest BCUT2D eigenvalue weighted by Crippen LogP contribution is -2.21. The van der Waals surface area contributed by atoms with Gasteiger partial charge in [-0.3, -0.25) is 14.5 Å². The first kappa shape index (κ1) is 20.5. The highest BCUT2D eigenvalue weighted by Gasteiger charge is 2.36. The molecule has 3 aromatic rings. The summed E-state index contributed by atoms with van der Waals surface area (Å²) >= 11 is 1.20. The third-order valence-electron chi connectivity index (χ3n) is 4.94. The number of nitrogens with zero attached hydrogens (tertiary/aromatic N) is 2. The van der Waals surface area contributed by atoms with Gasteiger partial charge in [0.25, 0.3) is 0 Å². The predicted octanol–water partition coefficient (Wildman–Crippen LogP) is 4.24. The van der Waals surface area contributed by atoms with Crippen molar-refractivity contribution in [1.82, 2.24) is 9.97 Å². The number of hydrogen-bond donors (Lipinski definition) is 2. The fourth-order valence-electron chi connectivity index (χ4n) is 3.11. The second-order valence-corrected chi connectivity index (χ2v) is 10.0. The quantitative estimate of drug-likeness (QED) is 0.543. The fourth-order valence-corrected chi connectivity index (χ4v) is 5.47. The van der Waals surface area contributed by atoms with E-state index in [9.17, 15) is 13.2 Å². The van der Waals surface area contributed by atoms with Crippen LogP contribution < -0.4 is 10.0 Å². The van der Waals surface area contributed by atoms with Gasteiger partial charge >= 0.3 is 0 Å². The Balaban J connectivity index is 1.43. The van der Waals surface area contributed by atoms with Gasteiger partial charge in [0.2, 0.25) is 15.9 Å². The molecule has 2 aromatic heterocycles. The van der Waals surface area contributed by atoms with Gasteiger partial charge < -0.3 is 5.32 Å². The second kappa shape index (κ2) is 8.53. The van der Waals surface area contributed by atoms with E-state index in [0.29, 0.717) is 35.8 Å². The van der Waals surface area contributed by atoms with Gasteiger partial charge in [-0.2, -0.15) is 0 Å². The molecular weight excluding hydrogens is 420 g/mol. The van der Waals surface area contributed by atoms with Crippen LogP contribution >= 0.6 is 11.3 Å².